The van der Waals surface area contributed by atoms with Gasteiger partial charge in [0.1, 0.15) is 5.75 Å². The van der Waals surface area contributed by atoms with Gasteiger partial charge in [-0.05, 0) is 73.6 Å². The van der Waals surface area contributed by atoms with Gasteiger partial charge in [0.25, 0.3) is 11.8 Å². The van der Waals surface area contributed by atoms with Crippen LogP contribution in [-0.2, 0) is 11.2 Å². The molecule has 36 heavy (non-hydrogen) atoms. The summed E-state index contributed by atoms with van der Waals surface area (Å²) in [6.45, 7) is 9.38. The average Bonchev–Trinajstić information content (AvgIpc) is 2.87. The number of aryl methyl sites for hydroxylation is 1. The molecule has 0 saturated heterocycles. The summed E-state index contributed by atoms with van der Waals surface area (Å²) in [6.07, 6.45) is 1.08. The maximum Gasteiger partial charge on any atom is 0.260 e. The van der Waals surface area contributed by atoms with Crippen LogP contribution in [0.5, 0.6) is 5.75 Å². The van der Waals surface area contributed by atoms with Crippen molar-refractivity contribution in [2.75, 3.05) is 13.1 Å². The second kappa shape index (κ2) is 11.4. The van der Waals surface area contributed by atoms with Crippen molar-refractivity contribution < 1.29 is 14.3 Å². The van der Waals surface area contributed by atoms with Crippen LogP contribution in [0.4, 0.5) is 0 Å². The lowest BCUT2D eigenvalue weighted by Crippen LogP contribution is -2.40. The first-order valence-corrected chi connectivity index (χ1v) is 12.8. The van der Waals surface area contributed by atoms with E-state index in [-0.39, 0.29) is 17.9 Å². The smallest absolute Gasteiger partial charge is 0.260 e. The lowest BCUT2D eigenvalue weighted by Gasteiger charge is -2.38. The third kappa shape index (κ3) is 5.96. The summed E-state index contributed by atoms with van der Waals surface area (Å²) in [7, 11) is 0. The molecule has 1 aliphatic rings. The van der Waals surface area contributed by atoms with Crippen LogP contribution >= 0.6 is 0 Å². The van der Waals surface area contributed by atoms with Crippen LogP contribution in [0.15, 0.2) is 72.8 Å². The maximum atomic E-state index is 13.6. The van der Waals surface area contributed by atoms with Gasteiger partial charge in [0.05, 0.1) is 6.04 Å². The van der Waals surface area contributed by atoms with E-state index < -0.39 is 6.10 Å². The van der Waals surface area contributed by atoms with E-state index in [1.807, 2.05) is 53.4 Å². The molecular formula is C31H36N2O3. The lowest BCUT2D eigenvalue weighted by molar-refractivity contribution is -0.127. The third-order valence-corrected chi connectivity index (χ3v) is 6.69. The van der Waals surface area contributed by atoms with Crippen molar-refractivity contribution in [1.29, 1.82) is 0 Å². The minimum Gasteiger partial charge on any atom is -0.481 e. The number of rotatable bonds is 8. The fourth-order valence-corrected chi connectivity index (χ4v) is 4.72. The highest BCUT2D eigenvalue weighted by atomic mass is 16.5. The van der Waals surface area contributed by atoms with Crippen molar-refractivity contribution in [2.24, 2.45) is 5.92 Å². The van der Waals surface area contributed by atoms with E-state index in [9.17, 15) is 9.59 Å². The lowest BCUT2D eigenvalue weighted by atomic mass is 9.87. The summed E-state index contributed by atoms with van der Waals surface area (Å²) in [5.74, 6) is 1.05. The summed E-state index contributed by atoms with van der Waals surface area (Å²) in [5.41, 5.74) is 5.13. The summed E-state index contributed by atoms with van der Waals surface area (Å²) < 4.78 is 6.07. The van der Waals surface area contributed by atoms with Crippen molar-refractivity contribution in [3.63, 3.8) is 0 Å². The number of hydrogen-bond donors (Lipinski definition) is 1. The molecule has 0 bridgehead atoms. The fourth-order valence-electron chi connectivity index (χ4n) is 4.72. The normalized spacial score (nSPS) is 15.8. The van der Waals surface area contributed by atoms with Crippen molar-refractivity contribution in [1.82, 2.24) is 10.2 Å². The average molecular weight is 485 g/mol. The maximum absolute atomic E-state index is 13.6. The Balaban J connectivity index is 1.64. The molecule has 0 aliphatic carbocycles. The van der Waals surface area contributed by atoms with Gasteiger partial charge in [-0.25, -0.2) is 0 Å². The monoisotopic (exact) mass is 484 g/mol. The molecule has 5 nitrogen and oxygen atoms in total. The number of carbonyl (C=O) groups is 2. The predicted molar refractivity (Wildman–Crippen MR) is 143 cm³/mol. The first kappa shape index (κ1) is 25.5. The van der Waals surface area contributed by atoms with E-state index >= 15 is 0 Å². The number of fused-ring (bicyclic) bond motifs is 1. The van der Waals surface area contributed by atoms with Gasteiger partial charge in [-0.15, -0.1) is 0 Å². The third-order valence-electron chi connectivity index (χ3n) is 6.69. The number of ether oxygens (including phenoxy) is 1. The largest absolute Gasteiger partial charge is 0.481 e. The number of hydrogen-bond acceptors (Lipinski definition) is 3. The van der Waals surface area contributed by atoms with Crippen molar-refractivity contribution in [3.05, 3.63) is 101 Å². The molecule has 2 atom stereocenters. The highest BCUT2D eigenvalue weighted by molar-refractivity contribution is 5.95. The SMILES string of the molecule is Cc1cccc([C@@H]2c3cc(O[C@H](C)C(=O)NCCC(C)C)ccc3CCN2C(=O)c2ccccc2)c1. The van der Waals surface area contributed by atoms with E-state index in [0.717, 1.165) is 29.5 Å². The van der Waals surface area contributed by atoms with Crippen LogP contribution in [0.3, 0.4) is 0 Å². The van der Waals surface area contributed by atoms with Gasteiger partial charge < -0.3 is 15.0 Å². The Labute approximate surface area is 214 Å². The molecule has 1 aliphatic heterocycles. The van der Waals surface area contributed by atoms with Crippen molar-refractivity contribution >= 4 is 11.8 Å². The Kier molecular flexibility index (Phi) is 8.09. The second-order valence-corrected chi connectivity index (χ2v) is 10.0. The molecule has 0 fully saturated rings. The molecule has 188 valence electrons. The van der Waals surface area contributed by atoms with Crippen molar-refractivity contribution in [2.45, 2.75) is 52.7 Å². The van der Waals surface area contributed by atoms with Gasteiger partial charge in [-0.2, -0.15) is 0 Å². The molecule has 3 aromatic rings. The minimum absolute atomic E-state index is 0.0111. The zero-order valence-electron chi connectivity index (χ0n) is 21.7. The Morgan fingerprint density at radius 3 is 2.50 bits per heavy atom. The summed E-state index contributed by atoms with van der Waals surface area (Å²) in [5, 5.41) is 2.96. The molecule has 0 saturated carbocycles. The molecule has 0 radical (unpaired) electrons. The molecule has 0 spiro atoms. The topological polar surface area (TPSA) is 58.6 Å². The van der Waals surface area contributed by atoms with E-state index in [2.05, 4.69) is 50.4 Å². The zero-order chi connectivity index (χ0) is 25.7. The molecule has 5 heteroatoms. The summed E-state index contributed by atoms with van der Waals surface area (Å²) >= 11 is 0. The van der Waals surface area contributed by atoms with Gasteiger partial charge >= 0.3 is 0 Å². The molecule has 3 aromatic carbocycles. The molecule has 1 N–H and O–H groups in total. The summed E-state index contributed by atoms with van der Waals surface area (Å²) in [4.78, 5) is 28.1. The van der Waals surface area contributed by atoms with Crippen LogP contribution < -0.4 is 10.1 Å². The molecule has 0 unspecified atom stereocenters. The Morgan fingerprint density at radius 1 is 1.00 bits per heavy atom. The second-order valence-electron chi connectivity index (χ2n) is 10.0. The summed E-state index contributed by atoms with van der Waals surface area (Å²) in [6, 6.07) is 23.5. The predicted octanol–water partition coefficient (Wildman–Crippen LogP) is 5.71. The molecule has 2 amide bonds. The van der Waals surface area contributed by atoms with E-state index in [1.54, 1.807) is 6.92 Å². The standard InChI is InChI=1S/C31H36N2O3/c1-21(2)15-17-32-30(34)23(4)36-27-14-13-24-16-18-33(31(35)25-10-6-5-7-11-25)29(28(24)20-27)26-12-8-9-22(3)19-26/h5-14,19-21,23,29H,15-18H2,1-4H3,(H,32,34)/t23-,29-/m1/s1. The first-order valence-electron chi connectivity index (χ1n) is 12.8. The molecule has 1 heterocycles. The Morgan fingerprint density at radius 2 is 1.78 bits per heavy atom. The molecule has 0 aromatic heterocycles. The van der Waals surface area contributed by atoms with Gasteiger partial charge in [-0.1, -0.05) is 67.9 Å². The number of carbonyl (C=O) groups excluding carboxylic acids is 2. The number of nitrogens with zero attached hydrogens (tertiary/aromatic N) is 1. The van der Waals surface area contributed by atoms with E-state index in [0.29, 0.717) is 30.3 Å². The van der Waals surface area contributed by atoms with Crippen LogP contribution in [0.25, 0.3) is 0 Å². The van der Waals surface area contributed by atoms with Gasteiger partial charge in [0.2, 0.25) is 0 Å². The van der Waals surface area contributed by atoms with Crippen LogP contribution in [0, 0.1) is 12.8 Å². The van der Waals surface area contributed by atoms with Crippen LogP contribution in [0.1, 0.15) is 65.8 Å². The van der Waals surface area contributed by atoms with Gasteiger partial charge in [-0.3, -0.25) is 9.59 Å². The number of amides is 2. The van der Waals surface area contributed by atoms with E-state index in [1.165, 1.54) is 5.56 Å². The van der Waals surface area contributed by atoms with Crippen LogP contribution in [-0.4, -0.2) is 35.9 Å². The first-order chi connectivity index (χ1) is 17.3. The number of nitrogens with one attached hydrogen (secondary N) is 1. The van der Waals surface area contributed by atoms with Gasteiger partial charge in [0.15, 0.2) is 6.10 Å². The Bertz CT molecular complexity index is 1210. The molecular weight excluding hydrogens is 448 g/mol. The van der Waals surface area contributed by atoms with Crippen LogP contribution in [0.2, 0.25) is 0 Å². The minimum atomic E-state index is -0.613. The fraction of sp³-hybridized carbons (Fsp3) is 0.355. The Hall–Kier alpha value is -3.60. The number of benzene rings is 3. The zero-order valence-corrected chi connectivity index (χ0v) is 21.7. The van der Waals surface area contributed by atoms with Gasteiger partial charge in [0, 0.05) is 18.7 Å². The van der Waals surface area contributed by atoms with E-state index in [4.69, 9.17) is 4.74 Å². The molecule has 4 rings (SSSR count). The highest BCUT2D eigenvalue weighted by Crippen LogP contribution is 2.38. The van der Waals surface area contributed by atoms with Crippen molar-refractivity contribution in [3.8, 4) is 5.75 Å². The highest BCUT2D eigenvalue weighted by Gasteiger charge is 2.33. The quantitative estimate of drug-likeness (QED) is 0.445.